The molecular formula is C11H13N3O. The maximum atomic E-state index is 5.74. The first-order valence-corrected chi connectivity index (χ1v) is 4.63. The normalized spacial score (nSPS) is 10.3. The maximum Gasteiger partial charge on any atom is 0.126 e. The molecule has 1 aromatic heterocycles. The number of aromatic nitrogens is 2. The molecule has 15 heavy (non-hydrogen) atoms. The van der Waals surface area contributed by atoms with Gasteiger partial charge in [0.25, 0.3) is 0 Å². The molecule has 0 spiro atoms. The molecule has 2 aromatic rings. The fraction of sp³-hybridized carbons (Fsp3) is 0.182. The van der Waals surface area contributed by atoms with Gasteiger partial charge in [-0.1, -0.05) is 0 Å². The zero-order valence-electron chi connectivity index (χ0n) is 8.77. The Morgan fingerprint density at radius 2 is 2.20 bits per heavy atom. The Kier molecular flexibility index (Phi) is 2.33. The number of nitrogens with two attached hydrogens (primary N) is 1. The van der Waals surface area contributed by atoms with Crippen LogP contribution >= 0.6 is 0 Å². The van der Waals surface area contributed by atoms with Crippen molar-refractivity contribution in [2.45, 2.75) is 0 Å². The summed E-state index contributed by atoms with van der Waals surface area (Å²) < 4.78 is 7.02. The molecule has 0 atom stereocenters. The number of anilines is 1. The highest BCUT2D eigenvalue weighted by Gasteiger charge is 2.07. The van der Waals surface area contributed by atoms with E-state index in [4.69, 9.17) is 10.5 Å². The molecule has 0 aliphatic rings. The molecular weight excluding hydrogens is 190 g/mol. The van der Waals surface area contributed by atoms with Gasteiger partial charge in [0, 0.05) is 30.1 Å². The molecule has 2 rings (SSSR count). The van der Waals surface area contributed by atoms with Gasteiger partial charge in [-0.15, -0.1) is 0 Å². The van der Waals surface area contributed by atoms with E-state index in [1.165, 1.54) is 0 Å². The standard InChI is InChI=1S/C11H13N3O/c1-14-7-8(6-13-14)10-5-9(12)3-4-11(10)15-2/h3-7H,12H2,1-2H3. The van der Waals surface area contributed by atoms with Crippen LogP contribution in [-0.2, 0) is 7.05 Å². The number of benzene rings is 1. The minimum Gasteiger partial charge on any atom is -0.496 e. The van der Waals surface area contributed by atoms with Crippen LogP contribution in [0, 0.1) is 0 Å². The van der Waals surface area contributed by atoms with Gasteiger partial charge in [-0.25, -0.2) is 0 Å². The first-order chi connectivity index (χ1) is 7.20. The van der Waals surface area contributed by atoms with E-state index in [1.807, 2.05) is 31.4 Å². The second-order valence-electron chi connectivity index (χ2n) is 3.36. The number of nitrogens with zero attached hydrogens (tertiary/aromatic N) is 2. The minimum absolute atomic E-state index is 0.717. The lowest BCUT2D eigenvalue weighted by Crippen LogP contribution is -1.90. The van der Waals surface area contributed by atoms with E-state index in [-0.39, 0.29) is 0 Å². The highest BCUT2D eigenvalue weighted by Crippen LogP contribution is 2.31. The van der Waals surface area contributed by atoms with Gasteiger partial charge in [0.2, 0.25) is 0 Å². The van der Waals surface area contributed by atoms with Gasteiger partial charge < -0.3 is 10.5 Å². The second kappa shape index (κ2) is 3.65. The fourth-order valence-electron chi connectivity index (χ4n) is 1.51. The van der Waals surface area contributed by atoms with E-state index in [0.717, 1.165) is 22.6 Å². The van der Waals surface area contributed by atoms with E-state index in [0.29, 0.717) is 0 Å². The van der Waals surface area contributed by atoms with Crippen LogP contribution in [0.1, 0.15) is 0 Å². The molecule has 1 aromatic carbocycles. The van der Waals surface area contributed by atoms with Crippen LogP contribution < -0.4 is 10.5 Å². The summed E-state index contributed by atoms with van der Waals surface area (Å²) in [5.41, 5.74) is 8.43. The number of rotatable bonds is 2. The van der Waals surface area contributed by atoms with Crippen LogP contribution in [0.4, 0.5) is 5.69 Å². The van der Waals surface area contributed by atoms with Crippen LogP contribution in [0.3, 0.4) is 0 Å². The molecule has 4 heteroatoms. The molecule has 0 fully saturated rings. The Morgan fingerprint density at radius 1 is 1.40 bits per heavy atom. The largest absolute Gasteiger partial charge is 0.496 e. The minimum atomic E-state index is 0.717. The summed E-state index contributed by atoms with van der Waals surface area (Å²) >= 11 is 0. The topological polar surface area (TPSA) is 53.1 Å². The van der Waals surface area contributed by atoms with Crippen LogP contribution in [0.25, 0.3) is 11.1 Å². The van der Waals surface area contributed by atoms with E-state index in [9.17, 15) is 0 Å². The third-order valence-corrected chi connectivity index (χ3v) is 2.24. The molecule has 4 nitrogen and oxygen atoms in total. The van der Waals surface area contributed by atoms with Gasteiger partial charge in [0.1, 0.15) is 5.75 Å². The number of nitrogen functional groups attached to an aromatic ring is 1. The third-order valence-electron chi connectivity index (χ3n) is 2.24. The molecule has 0 radical (unpaired) electrons. The van der Waals surface area contributed by atoms with Gasteiger partial charge in [0.15, 0.2) is 0 Å². The van der Waals surface area contributed by atoms with Gasteiger partial charge in [-0.3, -0.25) is 4.68 Å². The van der Waals surface area contributed by atoms with E-state index in [1.54, 1.807) is 18.0 Å². The van der Waals surface area contributed by atoms with Crippen molar-refractivity contribution in [3.05, 3.63) is 30.6 Å². The van der Waals surface area contributed by atoms with Crippen molar-refractivity contribution >= 4 is 5.69 Å². The van der Waals surface area contributed by atoms with Crippen molar-refractivity contribution in [3.63, 3.8) is 0 Å². The van der Waals surface area contributed by atoms with Gasteiger partial charge in [0.05, 0.1) is 13.3 Å². The quantitative estimate of drug-likeness (QED) is 0.755. The summed E-state index contributed by atoms with van der Waals surface area (Å²) in [4.78, 5) is 0. The van der Waals surface area contributed by atoms with Crippen LogP contribution in [0.2, 0.25) is 0 Å². The number of ether oxygens (including phenoxy) is 1. The Labute approximate surface area is 88.3 Å². The highest BCUT2D eigenvalue weighted by molar-refractivity contribution is 5.72. The summed E-state index contributed by atoms with van der Waals surface area (Å²) in [6.07, 6.45) is 3.72. The maximum absolute atomic E-state index is 5.74. The molecule has 0 aliphatic heterocycles. The number of methoxy groups -OCH3 is 1. The lowest BCUT2D eigenvalue weighted by atomic mass is 10.1. The summed E-state index contributed by atoms with van der Waals surface area (Å²) in [5, 5.41) is 4.12. The Morgan fingerprint density at radius 3 is 2.80 bits per heavy atom. The van der Waals surface area contributed by atoms with E-state index in [2.05, 4.69) is 5.10 Å². The number of hydrogen-bond acceptors (Lipinski definition) is 3. The summed E-state index contributed by atoms with van der Waals surface area (Å²) in [7, 11) is 3.52. The molecule has 0 saturated carbocycles. The zero-order valence-corrected chi connectivity index (χ0v) is 8.77. The summed E-state index contributed by atoms with van der Waals surface area (Å²) in [5.74, 6) is 0.803. The molecule has 0 unspecified atom stereocenters. The van der Waals surface area contributed by atoms with Crippen molar-refractivity contribution < 1.29 is 4.74 Å². The van der Waals surface area contributed by atoms with Gasteiger partial charge in [-0.2, -0.15) is 5.10 Å². The molecule has 1 heterocycles. The fourth-order valence-corrected chi connectivity index (χ4v) is 1.51. The predicted octanol–water partition coefficient (Wildman–Crippen LogP) is 1.68. The van der Waals surface area contributed by atoms with Crippen molar-refractivity contribution in [1.29, 1.82) is 0 Å². The summed E-state index contributed by atoms with van der Waals surface area (Å²) in [6.45, 7) is 0. The number of hydrogen-bond donors (Lipinski definition) is 1. The van der Waals surface area contributed by atoms with Crippen molar-refractivity contribution in [1.82, 2.24) is 9.78 Å². The highest BCUT2D eigenvalue weighted by atomic mass is 16.5. The zero-order chi connectivity index (χ0) is 10.8. The molecule has 0 saturated heterocycles. The van der Waals surface area contributed by atoms with E-state index >= 15 is 0 Å². The Balaban J connectivity index is 2.55. The predicted molar refractivity (Wildman–Crippen MR) is 59.6 cm³/mol. The Hall–Kier alpha value is -1.97. The van der Waals surface area contributed by atoms with Crippen molar-refractivity contribution in [2.75, 3.05) is 12.8 Å². The molecule has 0 aliphatic carbocycles. The molecule has 78 valence electrons. The lowest BCUT2D eigenvalue weighted by molar-refractivity contribution is 0.416. The average molecular weight is 203 g/mol. The van der Waals surface area contributed by atoms with Gasteiger partial charge in [-0.05, 0) is 18.2 Å². The van der Waals surface area contributed by atoms with Crippen LogP contribution in [0.5, 0.6) is 5.75 Å². The monoisotopic (exact) mass is 203 g/mol. The molecule has 0 bridgehead atoms. The van der Waals surface area contributed by atoms with Crippen LogP contribution in [-0.4, -0.2) is 16.9 Å². The Bertz CT molecular complexity index is 476. The third kappa shape index (κ3) is 1.79. The average Bonchev–Trinajstić information content (AvgIpc) is 2.65. The summed E-state index contributed by atoms with van der Waals surface area (Å²) in [6, 6.07) is 5.56. The SMILES string of the molecule is COc1ccc(N)cc1-c1cnn(C)c1. The molecule has 2 N–H and O–H groups in total. The van der Waals surface area contributed by atoms with Gasteiger partial charge >= 0.3 is 0 Å². The lowest BCUT2D eigenvalue weighted by Gasteiger charge is -2.07. The van der Waals surface area contributed by atoms with Crippen molar-refractivity contribution in [2.24, 2.45) is 7.05 Å². The second-order valence-corrected chi connectivity index (χ2v) is 3.36. The number of aryl methyl sites for hydroxylation is 1. The molecule has 0 amide bonds. The first-order valence-electron chi connectivity index (χ1n) is 4.63. The van der Waals surface area contributed by atoms with Crippen molar-refractivity contribution in [3.8, 4) is 16.9 Å². The van der Waals surface area contributed by atoms with E-state index < -0.39 is 0 Å². The van der Waals surface area contributed by atoms with Crippen LogP contribution in [0.15, 0.2) is 30.6 Å². The first kappa shape index (κ1) is 9.58. The smallest absolute Gasteiger partial charge is 0.126 e.